The van der Waals surface area contributed by atoms with Gasteiger partial charge in [0.05, 0.1) is 18.7 Å². The lowest BCUT2D eigenvalue weighted by atomic mass is 10.2. The lowest BCUT2D eigenvalue weighted by Crippen LogP contribution is -2.39. The summed E-state index contributed by atoms with van der Waals surface area (Å²) in [6.07, 6.45) is -1.00. The summed E-state index contributed by atoms with van der Waals surface area (Å²) in [7, 11) is 0. The molecule has 1 atom stereocenters. The van der Waals surface area contributed by atoms with Gasteiger partial charge >= 0.3 is 5.97 Å². The van der Waals surface area contributed by atoms with E-state index < -0.39 is 23.8 Å². The van der Waals surface area contributed by atoms with Gasteiger partial charge in [-0.25, -0.2) is 4.39 Å². The third kappa shape index (κ3) is 4.90. The Morgan fingerprint density at radius 1 is 1.28 bits per heavy atom. The van der Waals surface area contributed by atoms with Gasteiger partial charge in [0, 0.05) is 5.69 Å². The minimum Gasteiger partial charge on any atom is -0.491 e. The fourth-order valence-electron chi connectivity index (χ4n) is 2.82. The van der Waals surface area contributed by atoms with Crippen LogP contribution in [-0.2, 0) is 19.1 Å². The van der Waals surface area contributed by atoms with Crippen LogP contribution in [0.3, 0.4) is 0 Å². The van der Waals surface area contributed by atoms with Gasteiger partial charge in [-0.2, -0.15) is 0 Å². The molecule has 1 N–H and O–H groups in total. The zero-order chi connectivity index (χ0) is 21.0. The summed E-state index contributed by atoms with van der Waals surface area (Å²) in [5.41, 5.74) is 1.18. The number of rotatable bonds is 5. The second-order valence-corrected chi connectivity index (χ2v) is 6.63. The van der Waals surface area contributed by atoms with Crippen LogP contribution in [0.2, 0.25) is 0 Å². The maximum Gasteiger partial charge on any atom is 0.326 e. The van der Waals surface area contributed by atoms with Crippen molar-refractivity contribution < 1.29 is 28.2 Å². The van der Waals surface area contributed by atoms with E-state index in [1.54, 1.807) is 37.3 Å². The molecule has 1 aliphatic rings. The topological polar surface area (TPSA) is 84.9 Å². The third-order valence-corrected chi connectivity index (χ3v) is 4.43. The fraction of sp³-hybridized carbons (Fsp3) is 0.286. The molecule has 2 amide bonds. The Hall–Kier alpha value is -3.42. The first-order valence-corrected chi connectivity index (χ1v) is 9.14. The predicted octanol–water partition coefficient (Wildman–Crippen LogP) is 2.82. The van der Waals surface area contributed by atoms with Gasteiger partial charge in [0.15, 0.2) is 6.10 Å². The number of carbonyl (C=O) groups excluding carboxylic acids is 3. The van der Waals surface area contributed by atoms with Crippen LogP contribution in [0.15, 0.2) is 42.5 Å². The number of halogens is 1. The molecule has 3 rings (SSSR count). The second kappa shape index (κ2) is 8.72. The Kier molecular flexibility index (Phi) is 6.11. The zero-order valence-corrected chi connectivity index (χ0v) is 16.1. The first-order valence-electron chi connectivity index (χ1n) is 9.14. The van der Waals surface area contributed by atoms with Crippen LogP contribution in [0.1, 0.15) is 18.9 Å². The average molecular weight is 400 g/mol. The van der Waals surface area contributed by atoms with Gasteiger partial charge in [-0.1, -0.05) is 18.2 Å². The van der Waals surface area contributed by atoms with E-state index in [0.717, 1.165) is 0 Å². The summed E-state index contributed by atoms with van der Waals surface area (Å²) in [6.45, 7) is 2.88. The molecule has 2 aromatic carbocycles. The summed E-state index contributed by atoms with van der Waals surface area (Å²) in [5.74, 6) is -1.58. The molecule has 2 aromatic rings. The quantitative estimate of drug-likeness (QED) is 0.781. The van der Waals surface area contributed by atoms with Gasteiger partial charge in [0.25, 0.3) is 5.91 Å². The molecule has 1 aliphatic heterocycles. The Morgan fingerprint density at radius 3 is 2.79 bits per heavy atom. The number of esters is 1. The highest BCUT2D eigenvalue weighted by Crippen LogP contribution is 2.30. The number of fused-ring (bicyclic) bond motifs is 1. The van der Waals surface area contributed by atoms with Gasteiger partial charge in [-0.05, 0) is 43.7 Å². The van der Waals surface area contributed by atoms with E-state index in [-0.39, 0.29) is 31.2 Å². The molecule has 0 bridgehead atoms. The van der Waals surface area contributed by atoms with Gasteiger partial charge in [0.2, 0.25) is 5.91 Å². The molecule has 0 aromatic heterocycles. The number of aryl methyl sites for hydroxylation is 1. The van der Waals surface area contributed by atoms with E-state index in [1.165, 1.54) is 24.0 Å². The molecule has 8 heteroatoms. The maximum absolute atomic E-state index is 13.6. The number of anilines is 2. The average Bonchev–Trinajstić information content (AvgIpc) is 2.84. The van der Waals surface area contributed by atoms with Crippen molar-refractivity contribution in [3.05, 3.63) is 53.8 Å². The van der Waals surface area contributed by atoms with E-state index in [9.17, 15) is 18.8 Å². The maximum atomic E-state index is 13.6. The molecule has 0 saturated heterocycles. The van der Waals surface area contributed by atoms with Crippen molar-refractivity contribution in [1.82, 2.24) is 0 Å². The standard InChI is InChI=1S/C21H21FN2O5/c1-13-7-8-15(11-16(13)22)23-21(27)14(2)29-20(26)12-24-17-5-3-4-6-18(17)28-10-9-19(24)25/h3-8,11,14H,9-10,12H2,1-2H3,(H,23,27)/t14-/m1/s1. The van der Waals surface area contributed by atoms with E-state index in [2.05, 4.69) is 5.32 Å². The minimum atomic E-state index is -1.12. The van der Waals surface area contributed by atoms with Crippen molar-refractivity contribution >= 4 is 29.2 Å². The highest BCUT2D eigenvalue weighted by Gasteiger charge is 2.27. The van der Waals surface area contributed by atoms with Gasteiger partial charge in [-0.15, -0.1) is 0 Å². The summed E-state index contributed by atoms with van der Waals surface area (Å²) in [6, 6.07) is 11.2. The summed E-state index contributed by atoms with van der Waals surface area (Å²) in [4.78, 5) is 38.2. The van der Waals surface area contributed by atoms with E-state index in [1.807, 2.05) is 0 Å². The minimum absolute atomic E-state index is 0.122. The van der Waals surface area contributed by atoms with E-state index >= 15 is 0 Å². The molecular weight excluding hydrogens is 379 g/mol. The van der Waals surface area contributed by atoms with Crippen LogP contribution in [0.25, 0.3) is 0 Å². The number of ether oxygens (including phenoxy) is 2. The Labute approximate surface area is 167 Å². The smallest absolute Gasteiger partial charge is 0.326 e. The lowest BCUT2D eigenvalue weighted by molar-refractivity contribution is -0.152. The van der Waals surface area contributed by atoms with Crippen molar-refractivity contribution in [1.29, 1.82) is 0 Å². The first-order chi connectivity index (χ1) is 13.8. The molecule has 0 unspecified atom stereocenters. The highest BCUT2D eigenvalue weighted by molar-refractivity contribution is 6.00. The van der Waals surface area contributed by atoms with Crippen LogP contribution in [-0.4, -0.2) is 37.0 Å². The number of para-hydroxylation sites is 2. The molecule has 0 spiro atoms. The van der Waals surface area contributed by atoms with Crippen molar-refractivity contribution in [2.24, 2.45) is 0 Å². The number of carbonyl (C=O) groups is 3. The number of hydrogen-bond acceptors (Lipinski definition) is 5. The van der Waals surface area contributed by atoms with Crippen LogP contribution in [0.4, 0.5) is 15.8 Å². The number of hydrogen-bond donors (Lipinski definition) is 1. The van der Waals surface area contributed by atoms with Crippen molar-refractivity contribution in [2.75, 3.05) is 23.4 Å². The number of nitrogens with one attached hydrogen (secondary N) is 1. The lowest BCUT2D eigenvalue weighted by Gasteiger charge is -2.22. The van der Waals surface area contributed by atoms with Crippen LogP contribution >= 0.6 is 0 Å². The number of nitrogens with zero attached hydrogens (tertiary/aromatic N) is 1. The normalized spacial score (nSPS) is 14.3. The van der Waals surface area contributed by atoms with Crippen LogP contribution in [0, 0.1) is 12.7 Å². The first kappa shape index (κ1) is 20.3. The highest BCUT2D eigenvalue weighted by atomic mass is 19.1. The molecule has 0 radical (unpaired) electrons. The van der Waals surface area contributed by atoms with Gasteiger partial charge in [0.1, 0.15) is 18.1 Å². The molecule has 0 fully saturated rings. The predicted molar refractivity (Wildman–Crippen MR) is 104 cm³/mol. The Morgan fingerprint density at radius 2 is 2.03 bits per heavy atom. The number of amides is 2. The van der Waals surface area contributed by atoms with Crippen molar-refractivity contribution in [2.45, 2.75) is 26.4 Å². The summed E-state index contributed by atoms with van der Waals surface area (Å²) in [5, 5.41) is 2.50. The van der Waals surface area contributed by atoms with E-state index in [0.29, 0.717) is 17.0 Å². The van der Waals surface area contributed by atoms with Crippen molar-refractivity contribution in [3.63, 3.8) is 0 Å². The SMILES string of the molecule is Cc1ccc(NC(=O)[C@@H](C)OC(=O)CN2C(=O)CCOc3ccccc32)cc1F. The molecular formula is C21H21FN2O5. The zero-order valence-electron chi connectivity index (χ0n) is 16.1. The Bertz CT molecular complexity index is 946. The van der Waals surface area contributed by atoms with Gasteiger partial charge in [-0.3, -0.25) is 19.3 Å². The second-order valence-electron chi connectivity index (χ2n) is 6.63. The Balaban J connectivity index is 1.63. The van der Waals surface area contributed by atoms with Crippen LogP contribution in [0.5, 0.6) is 5.75 Å². The molecule has 29 heavy (non-hydrogen) atoms. The summed E-state index contributed by atoms with van der Waals surface area (Å²) < 4.78 is 24.3. The summed E-state index contributed by atoms with van der Waals surface area (Å²) >= 11 is 0. The fourth-order valence-corrected chi connectivity index (χ4v) is 2.82. The largest absolute Gasteiger partial charge is 0.491 e. The monoisotopic (exact) mass is 400 g/mol. The van der Waals surface area contributed by atoms with Crippen LogP contribution < -0.4 is 15.0 Å². The van der Waals surface area contributed by atoms with Gasteiger partial charge < -0.3 is 14.8 Å². The van der Waals surface area contributed by atoms with Crippen molar-refractivity contribution in [3.8, 4) is 5.75 Å². The molecule has 0 aliphatic carbocycles. The molecule has 7 nitrogen and oxygen atoms in total. The third-order valence-electron chi connectivity index (χ3n) is 4.43. The molecule has 152 valence electrons. The molecule has 1 heterocycles. The number of benzene rings is 2. The molecule has 0 saturated carbocycles. The van der Waals surface area contributed by atoms with E-state index in [4.69, 9.17) is 9.47 Å².